The number of ether oxygens (including phenoxy) is 3. The van der Waals surface area contributed by atoms with Gasteiger partial charge in [-0.2, -0.15) is 5.26 Å². The van der Waals surface area contributed by atoms with Crippen LogP contribution in [0.3, 0.4) is 0 Å². The van der Waals surface area contributed by atoms with E-state index in [0.29, 0.717) is 38.1 Å². The molecule has 0 radical (unpaired) electrons. The summed E-state index contributed by atoms with van der Waals surface area (Å²) in [4.78, 5) is 0. The molecule has 0 aromatic carbocycles. The Bertz CT molecular complexity index is 380. The average Bonchev–Trinajstić information content (AvgIpc) is 2.67. The molecule has 4 fully saturated rings. The zero-order chi connectivity index (χ0) is 13.7. The Hall–Kier alpha value is -0.630. The van der Waals surface area contributed by atoms with E-state index in [1.165, 1.54) is 0 Å². The molecule has 0 unspecified atom stereocenters. The summed E-state index contributed by atoms with van der Waals surface area (Å²) in [5, 5.41) is 9.64. The van der Waals surface area contributed by atoms with Crippen molar-refractivity contribution < 1.29 is 14.2 Å². The van der Waals surface area contributed by atoms with Crippen LogP contribution in [0.25, 0.3) is 0 Å². The van der Waals surface area contributed by atoms with Crippen LogP contribution in [0.1, 0.15) is 40.0 Å². The fourth-order valence-electron chi connectivity index (χ4n) is 3.66. The van der Waals surface area contributed by atoms with Crippen molar-refractivity contribution in [2.24, 2.45) is 22.7 Å². The first kappa shape index (κ1) is 13.4. The number of nitriles is 1. The van der Waals surface area contributed by atoms with Crippen LogP contribution in [-0.2, 0) is 14.2 Å². The van der Waals surface area contributed by atoms with E-state index in [4.69, 9.17) is 14.2 Å². The van der Waals surface area contributed by atoms with Crippen molar-refractivity contribution in [3.05, 3.63) is 0 Å². The molecule has 2 atom stereocenters. The summed E-state index contributed by atoms with van der Waals surface area (Å²) in [5.41, 5.74) is -0.373. The Kier molecular flexibility index (Phi) is 2.94. The molecule has 4 aliphatic rings. The van der Waals surface area contributed by atoms with Gasteiger partial charge >= 0.3 is 0 Å². The molecule has 0 aromatic rings. The third-order valence-electron chi connectivity index (χ3n) is 5.11. The second kappa shape index (κ2) is 4.18. The monoisotopic (exact) mass is 265 g/mol. The van der Waals surface area contributed by atoms with Gasteiger partial charge in [0.05, 0.1) is 31.3 Å². The zero-order valence-electron chi connectivity index (χ0n) is 12.1. The summed E-state index contributed by atoms with van der Waals surface area (Å²) in [6.07, 6.45) is 2.38. The Morgan fingerprint density at radius 1 is 1.05 bits per heavy atom. The second-order valence-corrected chi connectivity index (χ2v) is 7.29. The van der Waals surface area contributed by atoms with Gasteiger partial charge in [-0.15, -0.1) is 0 Å². The summed E-state index contributed by atoms with van der Waals surface area (Å²) in [6, 6.07) is 2.53. The van der Waals surface area contributed by atoms with Crippen molar-refractivity contribution in [3.63, 3.8) is 0 Å². The maximum atomic E-state index is 9.64. The van der Waals surface area contributed by atoms with Crippen LogP contribution in [0.15, 0.2) is 0 Å². The first-order chi connectivity index (χ1) is 8.90. The smallest absolute Gasteiger partial charge is 0.284 e. The largest absolute Gasteiger partial charge is 0.327 e. The molecular formula is C15H23NO3. The molecule has 0 amide bonds. The first-order valence-electron chi connectivity index (χ1n) is 7.23. The molecule has 19 heavy (non-hydrogen) atoms. The number of hydrogen-bond acceptors (Lipinski definition) is 4. The number of fused-ring (bicyclic) bond motifs is 3. The Balaban J connectivity index is 1.76. The quantitative estimate of drug-likeness (QED) is 0.770. The Morgan fingerprint density at radius 2 is 1.53 bits per heavy atom. The van der Waals surface area contributed by atoms with Gasteiger partial charge in [-0.3, -0.25) is 0 Å². The van der Waals surface area contributed by atoms with E-state index < -0.39 is 5.97 Å². The summed E-state index contributed by atoms with van der Waals surface area (Å²) in [6.45, 7) is 8.56. The minimum atomic E-state index is -0.961. The van der Waals surface area contributed by atoms with Crippen molar-refractivity contribution >= 4 is 0 Å². The predicted octanol–water partition coefficient (Wildman–Crippen LogP) is 2.69. The third kappa shape index (κ3) is 2.18. The molecule has 0 N–H and O–H groups in total. The number of nitrogens with zero attached hydrogens (tertiary/aromatic N) is 1. The average molecular weight is 265 g/mol. The fourth-order valence-corrected chi connectivity index (χ4v) is 3.66. The lowest BCUT2D eigenvalue weighted by Crippen LogP contribution is -2.60. The summed E-state index contributed by atoms with van der Waals surface area (Å²) < 4.78 is 17.5. The van der Waals surface area contributed by atoms with Crippen molar-refractivity contribution in [3.8, 4) is 6.07 Å². The highest BCUT2D eigenvalue weighted by atomic mass is 16.9. The van der Waals surface area contributed by atoms with Gasteiger partial charge < -0.3 is 14.2 Å². The van der Waals surface area contributed by atoms with Gasteiger partial charge in [-0.1, -0.05) is 20.8 Å². The van der Waals surface area contributed by atoms with E-state index in [2.05, 4.69) is 26.8 Å². The summed E-state index contributed by atoms with van der Waals surface area (Å²) >= 11 is 0. The van der Waals surface area contributed by atoms with E-state index >= 15 is 0 Å². The SMILES string of the molecule is C[C@H]1CC(C#N)(CC23OCC(C)(CO2)CO3)C[C@@H]1C. The normalized spacial score (nSPS) is 48.1. The number of rotatable bonds is 2. The highest BCUT2D eigenvalue weighted by molar-refractivity contribution is 5.07. The molecule has 4 nitrogen and oxygen atoms in total. The van der Waals surface area contributed by atoms with Gasteiger partial charge in [0.25, 0.3) is 5.97 Å². The van der Waals surface area contributed by atoms with Crippen LogP contribution in [0.4, 0.5) is 0 Å². The molecule has 4 heteroatoms. The lowest BCUT2D eigenvalue weighted by Gasteiger charge is -2.51. The molecule has 106 valence electrons. The molecule has 3 heterocycles. The van der Waals surface area contributed by atoms with Crippen molar-refractivity contribution in [1.82, 2.24) is 0 Å². The van der Waals surface area contributed by atoms with Gasteiger partial charge in [-0.05, 0) is 24.7 Å². The Morgan fingerprint density at radius 3 is 1.95 bits per heavy atom. The molecule has 3 saturated heterocycles. The molecule has 4 rings (SSSR count). The van der Waals surface area contributed by atoms with Crippen molar-refractivity contribution in [1.29, 1.82) is 5.26 Å². The second-order valence-electron chi connectivity index (χ2n) is 7.29. The van der Waals surface area contributed by atoms with Crippen LogP contribution in [0, 0.1) is 34.0 Å². The highest BCUT2D eigenvalue weighted by Gasteiger charge is 2.56. The molecular weight excluding hydrogens is 242 g/mol. The maximum absolute atomic E-state index is 9.64. The van der Waals surface area contributed by atoms with Crippen LogP contribution in [0.2, 0.25) is 0 Å². The zero-order valence-corrected chi connectivity index (χ0v) is 12.1. The minimum Gasteiger partial charge on any atom is -0.327 e. The molecule has 0 aromatic heterocycles. The molecule has 2 bridgehead atoms. The standard InChI is InChI=1S/C15H23NO3/c1-11-4-14(7-16,5-12(11)2)6-15-17-8-13(3,9-18-15)10-19-15/h11-12H,4-6,8-10H2,1-3H3/t11-,12-,13?,15?/m0/s1. The van der Waals surface area contributed by atoms with Gasteiger partial charge in [0.15, 0.2) is 0 Å². The highest BCUT2D eigenvalue weighted by Crippen LogP contribution is 2.52. The third-order valence-corrected chi connectivity index (χ3v) is 5.11. The van der Waals surface area contributed by atoms with Gasteiger partial charge in [0, 0.05) is 11.8 Å². The van der Waals surface area contributed by atoms with Gasteiger partial charge in [-0.25, -0.2) is 0 Å². The van der Waals surface area contributed by atoms with E-state index in [1.807, 2.05) is 0 Å². The molecule has 0 spiro atoms. The fraction of sp³-hybridized carbons (Fsp3) is 0.933. The van der Waals surface area contributed by atoms with Gasteiger partial charge in [0.2, 0.25) is 0 Å². The lowest BCUT2D eigenvalue weighted by atomic mass is 9.81. The lowest BCUT2D eigenvalue weighted by molar-refractivity contribution is -0.472. The van der Waals surface area contributed by atoms with Crippen molar-refractivity contribution in [2.45, 2.75) is 46.0 Å². The van der Waals surface area contributed by atoms with Crippen LogP contribution < -0.4 is 0 Å². The summed E-state index contributed by atoms with van der Waals surface area (Å²) in [5.74, 6) is 0.194. The summed E-state index contributed by atoms with van der Waals surface area (Å²) in [7, 11) is 0. The van der Waals surface area contributed by atoms with Crippen molar-refractivity contribution in [2.75, 3.05) is 19.8 Å². The van der Waals surface area contributed by atoms with Gasteiger partial charge in [0.1, 0.15) is 0 Å². The minimum absolute atomic E-state index is 0.0161. The van der Waals surface area contributed by atoms with E-state index in [1.54, 1.807) is 0 Å². The van der Waals surface area contributed by atoms with Crippen LogP contribution >= 0.6 is 0 Å². The number of hydrogen-bond donors (Lipinski definition) is 0. The van der Waals surface area contributed by atoms with E-state index in [-0.39, 0.29) is 10.8 Å². The molecule has 1 aliphatic carbocycles. The van der Waals surface area contributed by atoms with E-state index in [9.17, 15) is 5.26 Å². The van der Waals surface area contributed by atoms with Crippen LogP contribution in [0.5, 0.6) is 0 Å². The topological polar surface area (TPSA) is 51.5 Å². The van der Waals surface area contributed by atoms with Crippen LogP contribution in [-0.4, -0.2) is 25.8 Å². The first-order valence-corrected chi connectivity index (χ1v) is 7.23. The molecule has 3 aliphatic heterocycles. The predicted molar refractivity (Wildman–Crippen MR) is 68.9 cm³/mol. The maximum Gasteiger partial charge on any atom is 0.284 e. The Labute approximate surface area is 115 Å². The molecule has 1 saturated carbocycles. The van der Waals surface area contributed by atoms with E-state index in [0.717, 1.165) is 12.8 Å².